The maximum absolute atomic E-state index is 10.6. The zero-order chi connectivity index (χ0) is 14.8. The molecule has 2 unspecified atom stereocenters. The smallest absolute Gasteiger partial charge is 0.269 e. The number of rotatable bonds is 4. The van der Waals surface area contributed by atoms with E-state index in [1.807, 2.05) is 18.8 Å². The van der Waals surface area contributed by atoms with Crippen LogP contribution < -0.4 is 5.32 Å². The van der Waals surface area contributed by atoms with Gasteiger partial charge in [0.25, 0.3) is 5.69 Å². The van der Waals surface area contributed by atoms with E-state index in [4.69, 9.17) is 4.52 Å². The molecule has 1 saturated heterocycles. The van der Waals surface area contributed by atoms with Crippen LogP contribution in [0.2, 0.25) is 0 Å². The monoisotopic (exact) mass is 306 g/mol. The Kier molecular flexibility index (Phi) is 3.89. The number of hydrogen-bond acceptors (Lipinski definition) is 7. The van der Waals surface area contributed by atoms with Gasteiger partial charge in [0.05, 0.1) is 10.8 Å². The Bertz CT molecular complexity index is 643. The second kappa shape index (κ2) is 5.82. The molecule has 7 nitrogen and oxygen atoms in total. The molecule has 2 aromatic rings. The molecule has 0 amide bonds. The van der Waals surface area contributed by atoms with E-state index in [0.29, 0.717) is 23.3 Å². The molecule has 2 atom stereocenters. The molecule has 1 aromatic carbocycles. The second-order valence-electron chi connectivity index (χ2n) is 4.80. The largest absolute Gasteiger partial charge is 0.339 e. The SMILES string of the molecule is CNC1CSCC1c1nc(-c2ccc([N+](=O)[O-])cc2)no1. The van der Waals surface area contributed by atoms with Gasteiger partial charge in [0.1, 0.15) is 0 Å². The van der Waals surface area contributed by atoms with Crippen molar-refractivity contribution in [2.75, 3.05) is 18.6 Å². The molecular weight excluding hydrogens is 292 g/mol. The summed E-state index contributed by atoms with van der Waals surface area (Å²) in [4.78, 5) is 14.6. The highest BCUT2D eigenvalue weighted by molar-refractivity contribution is 7.99. The fraction of sp³-hybridized carbons (Fsp3) is 0.385. The van der Waals surface area contributed by atoms with Gasteiger partial charge >= 0.3 is 0 Å². The van der Waals surface area contributed by atoms with E-state index in [9.17, 15) is 10.1 Å². The van der Waals surface area contributed by atoms with E-state index in [1.165, 1.54) is 12.1 Å². The van der Waals surface area contributed by atoms with Gasteiger partial charge in [-0.3, -0.25) is 10.1 Å². The number of likely N-dealkylation sites (N-methyl/N-ethyl adjacent to an activating group) is 1. The van der Waals surface area contributed by atoms with E-state index in [0.717, 1.165) is 11.5 Å². The molecule has 1 aliphatic heterocycles. The molecule has 110 valence electrons. The van der Waals surface area contributed by atoms with Gasteiger partial charge in [-0.1, -0.05) is 5.16 Å². The zero-order valence-electron chi connectivity index (χ0n) is 11.4. The molecule has 1 N–H and O–H groups in total. The fourth-order valence-electron chi connectivity index (χ4n) is 2.32. The third-order valence-corrected chi connectivity index (χ3v) is 4.74. The summed E-state index contributed by atoms with van der Waals surface area (Å²) >= 11 is 1.85. The lowest BCUT2D eigenvalue weighted by Crippen LogP contribution is -2.31. The fourth-order valence-corrected chi connectivity index (χ4v) is 3.74. The molecule has 0 radical (unpaired) electrons. The van der Waals surface area contributed by atoms with Gasteiger partial charge in [-0.05, 0) is 19.2 Å². The molecule has 8 heteroatoms. The first-order valence-corrected chi connectivity index (χ1v) is 7.68. The normalized spacial score (nSPS) is 21.6. The summed E-state index contributed by atoms with van der Waals surface area (Å²) in [7, 11) is 1.93. The van der Waals surface area contributed by atoms with Crippen LogP contribution in [-0.4, -0.2) is 39.7 Å². The minimum absolute atomic E-state index is 0.0462. The molecule has 1 aliphatic rings. The molecular formula is C13H14N4O3S. The van der Waals surface area contributed by atoms with Gasteiger partial charge in [-0.2, -0.15) is 16.7 Å². The summed E-state index contributed by atoms with van der Waals surface area (Å²) in [6.45, 7) is 0. The molecule has 0 spiro atoms. The standard InChI is InChI=1S/C13H14N4O3S/c1-14-11-7-21-6-10(11)13-15-12(16-20-13)8-2-4-9(5-3-8)17(18)19/h2-5,10-11,14H,6-7H2,1H3. The van der Waals surface area contributed by atoms with E-state index >= 15 is 0 Å². The number of nitro groups is 1. The van der Waals surface area contributed by atoms with E-state index in [2.05, 4.69) is 15.5 Å². The average molecular weight is 306 g/mol. The minimum Gasteiger partial charge on any atom is -0.339 e. The van der Waals surface area contributed by atoms with Crippen LogP contribution in [0.25, 0.3) is 11.4 Å². The minimum atomic E-state index is -0.432. The van der Waals surface area contributed by atoms with Crippen molar-refractivity contribution in [2.45, 2.75) is 12.0 Å². The Morgan fingerprint density at radius 3 is 2.81 bits per heavy atom. The first-order valence-electron chi connectivity index (χ1n) is 6.52. The number of benzene rings is 1. The lowest BCUT2D eigenvalue weighted by atomic mass is 10.0. The summed E-state index contributed by atoms with van der Waals surface area (Å²) in [6.07, 6.45) is 0. The van der Waals surface area contributed by atoms with Gasteiger partial charge in [0, 0.05) is 35.2 Å². The molecule has 0 aliphatic carbocycles. The van der Waals surface area contributed by atoms with Gasteiger partial charge in [0.15, 0.2) is 0 Å². The van der Waals surface area contributed by atoms with Gasteiger partial charge in [-0.25, -0.2) is 0 Å². The van der Waals surface area contributed by atoms with Crippen LogP contribution in [0.3, 0.4) is 0 Å². The molecule has 1 aromatic heterocycles. The average Bonchev–Trinajstić information content (AvgIpc) is 3.15. The third kappa shape index (κ3) is 2.77. The van der Waals surface area contributed by atoms with E-state index < -0.39 is 4.92 Å². The summed E-state index contributed by atoms with van der Waals surface area (Å²) in [5.41, 5.74) is 0.757. The molecule has 2 heterocycles. The number of aromatic nitrogens is 2. The highest BCUT2D eigenvalue weighted by atomic mass is 32.2. The van der Waals surface area contributed by atoms with E-state index in [-0.39, 0.29) is 11.6 Å². The number of nitrogens with one attached hydrogen (secondary N) is 1. The van der Waals surface area contributed by atoms with Crippen molar-refractivity contribution >= 4 is 17.4 Å². The number of non-ortho nitro benzene ring substituents is 1. The number of nitrogens with zero attached hydrogens (tertiary/aromatic N) is 3. The Hall–Kier alpha value is -1.93. The Morgan fingerprint density at radius 1 is 1.38 bits per heavy atom. The van der Waals surface area contributed by atoms with Crippen LogP contribution in [0.5, 0.6) is 0 Å². The van der Waals surface area contributed by atoms with Crippen molar-refractivity contribution in [3.8, 4) is 11.4 Å². The molecule has 1 fully saturated rings. The van der Waals surface area contributed by atoms with Crippen LogP contribution in [0.15, 0.2) is 28.8 Å². The lowest BCUT2D eigenvalue weighted by Gasteiger charge is -2.13. The summed E-state index contributed by atoms with van der Waals surface area (Å²) < 4.78 is 5.36. The highest BCUT2D eigenvalue weighted by Gasteiger charge is 2.32. The number of nitro benzene ring substituents is 1. The lowest BCUT2D eigenvalue weighted by molar-refractivity contribution is -0.384. The predicted molar refractivity (Wildman–Crippen MR) is 79.3 cm³/mol. The summed E-state index contributed by atoms with van der Waals surface area (Å²) in [5, 5.41) is 17.9. The Morgan fingerprint density at radius 2 is 2.14 bits per heavy atom. The van der Waals surface area contributed by atoms with Gasteiger partial charge < -0.3 is 9.84 Å². The molecule has 0 bridgehead atoms. The summed E-state index contributed by atoms with van der Waals surface area (Å²) in [5.74, 6) is 3.27. The Balaban J connectivity index is 1.82. The zero-order valence-corrected chi connectivity index (χ0v) is 12.2. The van der Waals surface area contributed by atoms with Crippen LogP contribution in [0.1, 0.15) is 11.8 Å². The molecule has 21 heavy (non-hydrogen) atoms. The van der Waals surface area contributed by atoms with Gasteiger partial charge in [0.2, 0.25) is 11.7 Å². The van der Waals surface area contributed by atoms with Crippen molar-refractivity contribution in [3.05, 3.63) is 40.3 Å². The summed E-state index contributed by atoms with van der Waals surface area (Å²) in [6, 6.07) is 6.47. The number of hydrogen-bond donors (Lipinski definition) is 1. The number of thioether (sulfide) groups is 1. The van der Waals surface area contributed by atoms with Crippen LogP contribution in [0, 0.1) is 10.1 Å². The van der Waals surface area contributed by atoms with Crippen molar-refractivity contribution in [1.29, 1.82) is 0 Å². The molecule has 3 rings (SSSR count). The quantitative estimate of drug-likeness (QED) is 0.682. The van der Waals surface area contributed by atoms with Crippen LogP contribution >= 0.6 is 11.8 Å². The van der Waals surface area contributed by atoms with E-state index in [1.54, 1.807) is 12.1 Å². The second-order valence-corrected chi connectivity index (χ2v) is 5.87. The highest BCUT2D eigenvalue weighted by Crippen LogP contribution is 2.32. The van der Waals surface area contributed by atoms with Crippen LogP contribution in [0.4, 0.5) is 5.69 Å². The first kappa shape index (κ1) is 14.0. The van der Waals surface area contributed by atoms with Crippen molar-refractivity contribution < 1.29 is 9.45 Å². The maximum atomic E-state index is 10.6. The van der Waals surface area contributed by atoms with Crippen molar-refractivity contribution in [1.82, 2.24) is 15.5 Å². The van der Waals surface area contributed by atoms with Gasteiger partial charge in [-0.15, -0.1) is 0 Å². The van der Waals surface area contributed by atoms with Crippen molar-refractivity contribution in [2.24, 2.45) is 0 Å². The van der Waals surface area contributed by atoms with Crippen molar-refractivity contribution in [3.63, 3.8) is 0 Å². The predicted octanol–water partition coefficient (Wildman–Crippen LogP) is 2.06. The topological polar surface area (TPSA) is 94.1 Å². The maximum Gasteiger partial charge on any atom is 0.269 e. The third-order valence-electron chi connectivity index (χ3n) is 3.55. The Labute approximate surface area is 125 Å². The van der Waals surface area contributed by atoms with Crippen LogP contribution in [-0.2, 0) is 0 Å². The molecule has 0 saturated carbocycles. The first-order chi connectivity index (χ1) is 10.2.